The minimum Gasteiger partial charge on any atom is -0.385 e. The summed E-state index contributed by atoms with van der Waals surface area (Å²) < 4.78 is 19.3. The van der Waals surface area contributed by atoms with Crippen molar-refractivity contribution in [2.75, 3.05) is 24.4 Å². The normalized spacial score (nSPS) is 13.1. The van der Waals surface area contributed by atoms with Gasteiger partial charge in [0, 0.05) is 43.8 Å². The molecule has 1 amide bonds. The number of allylic oxidation sites excluding steroid dienone is 5. The second kappa shape index (κ2) is 17.0. The van der Waals surface area contributed by atoms with Crippen LogP contribution in [0.3, 0.4) is 0 Å². The van der Waals surface area contributed by atoms with E-state index in [-0.39, 0.29) is 17.7 Å². The Bertz CT molecular complexity index is 1070. The Labute approximate surface area is 220 Å². The summed E-state index contributed by atoms with van der Waals surface area (Å²) in [6.07, 6.45) is 11.4. The van der Waals surface area contributed by atoms with Crippen molar-refractivity contribution >= 4 is 30.3 Å². The summed E-state index contributed by atoms with van der Waals surface area (Å²) >= 11 is 0. The molecule has 1 atom stereocenters. The molecule has 0 aliphatic rings. The zero-order valence-corrected chi connectivity index (χ0v) is 22.8. The first kappa shape index (κ1) is 31.4. The molecule has 0 aliphatic carbocycles. The average Bonchev–Trinajstić information content (AvgIpc) is 2.93. The number of carbonyl (C=O) groups excluding carboxylic acids is 1. The van der Waals surface area contributed by atoms with Gasteiger partial charge in [0.25, 0.3) is 0 Å². The van der Waals surface area contributed by atoms with Crippen LogP contribution in [-0.2, 0) is 16.0 Å². The van der Waals surface area contributed by atoms with E-state index >= 15 is 0 Å². The highest BCUT2D eigenvalue weighted by atomic mass is 19.1. The molecule has 37 heavy (non-hydrogen) atoms. The molecule has 0 spiro atoms. The van der Waals surface area contributed by atoms with Crippen LogP contribution in [0.25, 0.3) is 6.08 Å². The van der Waals surface area contributed by atoms with Crippen molar-refractivity contribution in [3.8, 4) is 0 Å². The monoisotopic (exact) mass is 512 g/mol. The summed E-state index contributed by atoms with van der Waals surface area (Å²) in [5.74, 6) is 0.373. The lowest BCUT2D eigenvalue weighted by atomic mass is 10.1. The van der Waals surface area contributed by atoms with Crippen LogP contribution in [0.5, 0.6) is 0 Å². The zero-order valence-electron chi connectivity index (χ0n) is 22.8. The van der Waals surface area contributed by atoms with E-state index in [1.807, 2.05) is 27.7 Å². The molecule has 0 radical (unpaired) electrons. The summed E-state index contributed by atoms with van der Waals surface area (Å²) in [5, 5.41) is 7.03. The molecule has 0 aromatic carbocycles. The number of aryl methyl sites for hydroxylation is 1. The van der Waals surface area contributed by atoms with E-state index in [2.05, 4.69) is 28.3 Å². The zero-order chi connectivity index (χ0) is 27.8. The van der Waals surface area contributed by atoms with E-state index < -0.39 is 0 Å². The van der Waals surface area contributed by atoms with Gasteiger partial charge in [0.15, 0.2) is 0 Å². The van der Waals surface area contributed by atoms with Crippen molar-refractivity contribution in [1.29, 1.82) is 0 Å². The molecule has 202 valence electrons. The van der Waals surface area contributed by atoms with Gasteiger partial charge in [0.05, 0.1) is 11.8 Å². The van der Waals surface area contributed by atoms with Crippen molar-refractivity contribution in [2.24, 2.45) is 4.99 Å². The Balaban J connectivity index is 3.57. The fourth-order valence-corrected chi connectivity index (χ4v) is 3.50. The number of nitrogen functional groups attached to an aromatic ring is 1. The van der Waals surface area contributed by atoms with Gasteiger partial charge in [-0.05, 0) is 56.7 Å². The molecule has 0 saturated heterocycles. The van der Waals surface area contributed by atoms with Gasteiger partial charge in [0.2, 0.25) is 6.41 Å². The van der Waals surface area contributed by atoms with Crippen LogP contribution in [0.15, 0.2) is 53.6 Å². The summed E-state index contributed by atoms with van der Waals surface area (Å²) in [5.41, 5.74) is 9.43. The lowest BCUT2D eigenvalue weighted by Crippen LogP contribution is -2.34. The number of anilines is 2. The van der Waals surface area contributed by atoms with Crippen molar-refractivity contribution in [3.63, 3.8) is 0 Å². The number of halogens is 1. The number of H-pyrrole nitrogens is 1. The molecule has 1 rings (SSSR count). The van der Waals surface area contributed by atoms with Crippen molar-refractivity contribution in [1.82, 2.24) is 15.2 Å². The maximum absolute atomic E-state index is 14.1. The van der Waals surface area contributed by atoms with Crippen LogP contribution < -0.4 is 10.6 Å². The maximum atomic E-state index is 14.1. The number of ether oxygens (including phenoxy) is 1. The lowest BCUT2D eigenvalue weighted by molar-refractivity contribution is -0.107. The number of carbonyl (C=O) groups is 1. The molecule has 0 aliphatic heterocycles. The first-order valence-corrected chi connectivity index (χ1v) is 12.4. The summed E-state index contributed by atoms with van der Waals surface area (Å²) in [6.45, 7) is 15.8. The second-order valence-corrected chi connectivity index (χ2v) is 8.41. The summed E-state index contributed by atoms with van der Waals surface area (Å²) in [7, 11) is 1.61. The number of hydrogen-bond donors (Lipinski definition) is 2. The van der Waals surface area contributed by atoms with Crippen LogP contribution in [0.1, 0.15) is 63.3 Å². The number of nitrogens with one attached hydrogen (secondary N) is 1. The number of methoxy groups -OCH3 is 1. The molecular formula is C28H41FN6O2. The summed E-state index contributed by atoms with van der Waals surface area (Å²) in [6, 6.07) is -0.200. The molecule has 1 aromatic rings. The van der Waals surface area contributed by atoms with Gasteiger partial charge in [-0.25, -0.2) is 9.37 Å². The van der Waals surface area contributed by atoms with Gasteiger partial charge in [-0.1, -0.05) is 39.2 Å². The smallest absolute Gasteiger partial charge is 0.215 e. The highest BCUT2D eigenvalue weighted by Crippen LogP contribution is 2.24. The molecule has 0 saturated carbocycles. The minimum absolute atomic E-state index is 0.198. The van der Waals surface area contributed by atoms with Crippen molar-refractivity contribution in [3.05, 3.63) is 65.4 Å². The number of amides is 1. The quantitative estimate of drug-likeness (QED) is 0.171. The first-order chi connectivity index (χ1) is 17.8. The molecule has 1 heterocycles. The summed E-state index contributed by atoms with van der Waals surface area (Å²) in [4.78, 5) is 23.0. The number of nitrogens with zero attached hydrogens (tertiary/aromatic N) is 4. The maximum Gasteiger partial charge on any atom is 0.215 e. The van der Waals surface area contributed by atoms with Gasteiger partial charge in [-0.15, -0.1) is 0 Å². The number of rotatable bonds is 15. The van der Waals surface area contributed by atoms with Gasteiger partial charge in [-0.2, -0.15) is 5.10 Å². The molecule has 0 bridgehead atoms. The predicted octanol–water partition coefficient (Wildman–Crippen LogP) is 5.97. The molecule has 1 aromatic heterocycles. The number of aromatic nitrogens is 3. The Morgan fingerprint density at radius 3 is 2.68 bits per heavy atom. The highest BCUT2D eigenvalue weighted by molar-refractivity contribution is 5.82. The third-order valence-electron chi connectivity index (χ3n) is 5.70. The van der Waals surface area contributed by atoms with E-state index in [9.17, 15) is 9.18 Å². The van der Waals surface area contributed by atoms with Crippen LogP contribution >= 0.6 is 0 Å². The Morgan fingerprint density at radius 2 is 2.11 bits per heavy atom. The lowest BCUT2D eigenvalue weighted by Gasteiger charge is -2.25. The fraction of sp³-hybridized carbons (Fsp3) is 0.429. The van der Waals surface area contributed by atoms with E-state index in [4.69, 9.17) is 15.5 Å². The second-order valence-electron chi connectivity index (χ2n) is 8.41. The standard InChI is InChI=1S/C28H41FN6O2/c1-8-12-24(29)17-22(9-2)26(11-4)31-15-13-23-18-32-34-27(30)25(10-3)28(33-21(23)6)35(19-36)20(5)14-16-37-7/h9-10,15,17-20,34H,2-3,8,11-14,16,30H2,1,4-7H3/b23-21?,24-17+,26-22+,27-25?,31-15?,32-18?,33-28?. The van der Waals surface area contributed by atoms with E-state index in [1.54, 1.807) is 25.6 Å². The SMILES string of the molecule is C=CC(/C=C(/F)CCC)=C(/CC)N=CCc1cn[nH]c(N)c(C=C)c(N(C=O)C(C)CCOC)nc1C. The molecule has 3 N–H and O–H groups in total. The topological polar surface area (TPSA) is 109 Å². The average molecular weight is 513 g/mol. The van der Waals surface area contributed by atoms with Gasteiger partial charge >= 0.3 is 0 Å². The molecule has 0 fully saturated rings. The highest BCUT2D eigenvalue weighted by Gasteiger charge is 2.19. The number of aliphatic imine (C=N–C) groups is 1. The number of aromatic amines is 1. The Kier molecular flexibility index (Phi) is 14.4. The number of hydrogen-bond acceptors (Lipinski definition) is 6. The van der Waals surface area contributed by atoms with Crippen LogP contribution in [-0.4, -0.2) is 47.6 Å². The van der Waals surface area contributed by atoms with Crippen LogP contribution in [0, 0.1) is 6.92 Å². The van der Waals surface area contributed by atoms with Crippen molar-refractivity contribution < 1.29 is 13.9 Å². The van der Waals surface area contributed by atoms with Crippen molar-refractivity contribution in [2.45, 2.75) is 65.8 Å². The Hall–Kier alpha value is -3.59. The largest absolute Gasteiger partial charge is 0.385 e. The van der Waals surface area contributed by atoms with Gasteiger partial charge in [0.1, 0.15) is 17.5 Å². The van der Waals surface area contributed by atoms with Crippen LogP contribution in [0.4, 0.5) is 16.0 Å². The molecule has 8 nitrogen and oxygen atoms in total. The third-order valence-corrected chi connectivity index (χ3v) is 5.70. The Morgan fingerprint density at radius 1 is 1.38 bits per heavy atom. The fourth-order valence-electron chi connectivity index (χ4n) is 3.50. The molecular weight excluding hydrogens is 471 g/mol. The van der Waals surface area contributed by atoms with Crippen LogP contribution in [0.2, 0.25) is 0 Å². The van der Waals surface area contributed by atoms with E-state index in [1.165, 1.54) is 17.1 Å². The van der Waals surface area contributed by atoms with Gasteiger partial charge < -0.3 is 10.5 Å². The number of nitrogens with two attached hydrogens (primary N) is 1. The first-order valence-electron chi connectivity index (χ1n) is 12.4. The molecule has 1 unspecified atom stereocenters. The third kappa shape index (κ3) is 9.76. The minimum atomic E-state index is -0.200. The van der Waals surface area contributed by atoms with Gasteiger partial charge in [-0.3, -0.25) is 19.8 Å². The van der Waals surface area contributed by atoms with E-state index in [0.29, 0.717) is 54.9 Å². The molecule has 9 heteroatoms. The van der Waals surface area contributed by atoms with E-state index in [0.717, 1.165) is 24.1 Å². The predicted molar refractivity (Wildman–Crippen MR) is 152 cm³/mol.